The average Bonchev–Trinajstić information content (AvgIpc) is 3.08. The summed E-state index contributed by atoms with van der Waals surface area (Å²) < 4.78 is 91.5. The summed E-state index contributed by atoms with van der Waals surface area (Å²) in [5.74, 6) is -1.32. The topological polar surface area (TPSA) is 156 Å². The maximum atomic E-state index is 15.3. The van der Waals surface area contributed by atoms with E-state index in [-0.39, 0.29) is 40.9 Å². The van der Waals surface area contributed by atoms with Gasteiger partial charge in [-0.1, -0.05) is 24.3 Å². The number of aromatic nitrogens is 3. The van der Waals surface area contributed by atoms with E-state index < -0.39 is 39.8 Å². The second-order valence-electron chi connectivity index (χ2n) is 11.7. The van der Waals surface area contributed by atoms with Gasteiger partial charge in [0.15, 0.2) is 0 Å². The van der Waals surface area contributed by atoms with Gasteiger partial charge in [0.2, 0.25) is 21.9 Å². The molecule has 0 bridgehead atoms. The van der Waals surface area contributed by atoms with Gasteiger partial charge in [-0.25, -0.2) is 32.6 Å². The molecule has 0 aliphatic carbocycles. The fourth-order valence-electron chi connectivity index (χ4n) is 5.69. The summed E-state index contributed by atoms with van der Waals surface area (Å²) in [5.41, 5.74) is 1.38. The van der Waals surface area contributed by atoms with Crippen LogP contribution in [0.15, 0.2) is 79.1 Å². The first-order valence-corrected chi connectivity index (χ1v) is 17.2. The first kappa shape index (κ1) is 35.1. The second-order valence-corrected chi connectivity index (χ2v) is 13.4. The van der Waals surface area contributed by atoms with E-state index >= 15 is 4.39 Å². The highest BCUT2D eigenvalue weighted by molar-refractivity contribution is 7.91. The minimum Gasteiger partial charge on any atom is -0.465 e. The molecule has 266 valence electrons. The van der Waals surface area contributed by atoms with Crippen molar-refractivity contribution in [2.24, 2.45) is 0 Å². The lowest BCUT2D eigenvalue weighted by Gasteiger charge is -2.31. The van der Waals surface area contributed by atoms with Crippen molar-refractivity contribution in [3.8, 4) is 28.6 Å². The first-order valence-electron chi connectivity index (χ1n) is 15.5. The number of hydrogen-bond acceptors (Lipinski definition) is 9. The van der Waals surface area contributed by atoms with Crippen molar-refractivity contribution >= 4 is 38.5 Å². The van der Waals surface area contributed by atoms with E-state index in [2.05, 4.69) is 29.7 Å². The number of hydrogen-bond donors (Lipinski definition) is 3. The van der Waals surface area contributed by atoms with Crippen molar-refractivity contribution in [2.75, 3.05) is 23.1 Å². The number of nitrogens with one attached hydrogen (secondary N) is 2. The Morgan fingerprint density at radius 2 is 1.78 bits per heavy atom. The third-order valence-electron chi connectivity index (χ3n) is 8.00. The fraction of sp³-hybridized carbons (Fsp3) is 0.235. The molecule has 0 saturated carbocycles. The number of rotatable bonds is 10. The SMILES string of the molecule is Cc1ccc2c(NS(=O)(=O)Cc3ccc(OC(F)(F)F)cc3)c(F)ccc2c1Oc1ncccc1-c1ccnc(NC2CCCN(C(=O)O)C2)n1. The molecule has 1 saturated heterocycles. The zero-order valence-electron chi connectivity index (χ0n) is 26.8. The monoisotopic (exact) mass is 726 g/mol. The lowest BCUT2D eigenvalue weighted by atomic mass is 10.0. The van der Waals surface area contributed by atoms with Crippen LogP contribution in [0.1, 0.15) is 24.0 Å². The van der Waals surface area contributed by atoms with Gasteiger partial charge in [-0.15, -0.1) is 13.2 Å². The molecule has 17 heteroatoms. The average molecular weight is 727 g/mol. The van der Waals surface area contributed by atoms with E-state index in [1.165, 1.54) is 29.3 Å². The maximum Gasteiger partial charge on any atom is 0.573 e. The van der Waals surface area contributed by atoms with Crippen LogP contribution < -0.4 is 19.5 Å². The number of carboxylic acid groups (broad SMARTS) is 1. The highest BCUT2D eigenvalue weighted by Crippen LogP contribution is 2.40. The van der Waals surface area contributed by atoms with Crippen molar-refractivity contribution in [1.29, 1.82) is 0 Å². The third kappa shape index (κ3) is 8.54. The molecule has 6 rings (SSSR count). The summed E-state index contributed by atoms with van der Waals surface area (Å²) in [6.45, 7) is 2.51. The van der Waals surface area contributed by atoms with E-state index in [1.807, 2.05) is 0 Å². The lowest BCUT2D eigenvalue weighted by molar-refractivity contribution is -0.274. The number of alkyl halides is 3. The standard InChI is InChI=1S/C34H30F4N6O6S/c1-20-6-11-24-25(12-13-27(35)29(24)43-51(47,48)19-21-7-9-23(10-8-21)50-34(36,37)38)30(20)49-31-26(5-2-15-39-31)28-14-16-40-32(42-28)41-22-4-3-17-44(18-22)33(45)46/h2,5-16,22,43H,3-4,17-19H2,1H3,(H,45,46)(H,40,41,42). The van der Waals surface area contributed by atoms with E-state index in [9.17, 15) is 31.5 Å². The fourth-order valence-corrected chi connectivity index (χ4v) is 6.91. The number of fused-ring (bicyclic) bond motifs is 1. The number of pyridine rings is 1. The summed E-state index contributed by atoms with van der Waals surface area (Å²) in [7, 11) is -4.25. The lowest BCUT2D eigenvalue weighted by Crippen LogP contribution is -2.44. The van der Waals surface area contributed by atoms with E-state index in [4.69, 9.17) is 4.74 Å². The summed E-state index contributed by atoms with van der Waals surface area (Å²) in [5, 5.41) is 13.1. The largest absolute Gasteiger partial charge is 0.573 e. The number of aryl methyl sites for hydroxylation is 1. The molecule has 3 N–H and O–H groups in total. The van der Waals surface area contributed by atoms with Crippen LogP contribution in [-0.4, -0.2) is 65.0 Å². The Balaban J connectivity index is 1.26. The van der Waals surface area contributed by atoms with Gasteiger partial charge in [-0.3, -0.25) is 4.72 Å². The predicted molar refractivity (Wildman–Crippen MR) is 180 cm³/mol. The zero-order valence-corrected chi connectivity index (χ0v) is 27.6. The summed E-state index contributed by atoms with van der Waals surface area (Å²) in [4.78, 5) is 26.1. The van der Waals surface area contributed by atoms with Crippen LogP contribution in [0.4, 0.5) is 34.0 Å². The van der Waals surface area contributed by atoms with Crippen molar-refractivity contribution in [2.45, 2.75) is 37.9 Å². The minimum absolute atomic E-state index is 0.143. The normalized spacial score (nSPS) is 15.0. The Morgan fingerprint density at radius 3 is 2.53 bits per heavy atom. The summed E-state index contributed by atoms with van der Waals surface area (Å²) in [6.07, 6.45) is -1.39. The van der Waals surface area contributed by atoms with E-state index in [0.29, 0.717) is 41.1 Å². The second kappa shape index (κ2) is 14.3. The Kier molecular flexibility index (Phi) is 9.82. The van der Waals surface area contributed by atoms with Crippen LogP contribution in [0.25, 0.3) is 22.0 Å². The number of piperidine rings is 1. The van der Waals surface area contributed by atoms with Crippen LogP contribution in [0.5, 0.6) is 17.4 Å². The highest BCUT2D eigenvalue weighted by atomic mass is 32.2. The Bertz CT molecular complexity index is 2190. The van der Waals surface area contributed by atoms with Gasteiger partial charge in [0.1, 0.15) is 17.3 Å². The molecule has 5 aromatic rings. The molecule has 51 heavy (non-hydrogen) atoms. The number of anilines is 2. The number of nitrogens with zero attached hydrogens (tertiary/aromatic N) is 4. The van der Waals surface area contributed by atoms with Gasteiger partial charge < -0.3 is 24.8 Å². The van der Waals surface area contributed by atoms with Gasteiger partial charge in [-0.2, -0.15) is 0 Å². The number of halogens is 4. The minimum atomic E-state index is -4.90. The highest BCUT2D eigenvalue weighted by Gasteiger charge is 2.31. The van der Waals surface area contributed by atoms with Crippen LogP contribution in [0, 0.1) is 12.7 Å². The number of sulfonamides is 1. The van der Waals surface area contributed by atoms with Crippen LogP contribution in [-0.2, 0) is 15.8 Å². The van der Waals surface area contributed by atoms with Gasteiger partial charge in [0.05, 0.1) is 22.7 Å². The van der Waals surface area contributed by atoms with E-state index in [1.54, 1.807) is 43.5 Å². The van der Waals surface area contributed by atoms with Gasteiger partial charge >= 0.3 is 12.5 Å². The Morgan fingerprint density at radius 1 is 1.02 bits per heavy atom. The molecule has 1 atom stereocenters. The summed E-state index contributed by atoms with van der Waals surface area (Å²) in [6, 6.07) is 14.9. The number of carbonyl (C=O) groups is 1. The number of amides is 1. The molecule has 1 fully saturated rings. The summed E-state index contributed by atoms with van der Waals surface area (Å²) >= 11 is 0. The van der Waals surface area contributed by atoms with Crippen molar-refractivity contribution in [1.82, 2.24) is 19.9 Å². The molecule has 1 aliphatic heterocycles. The molecule has 1 amide bonds. The number of benzene rings is 3. The molecule has 0 spiro atoms. The van der Waals surface area contributed by atoms with E-state index in [0.717, 1.165) is 24.6 Å². The van der Waals surface area contributed by atoms with Crippen molar-refractivity contribution < 1.29 is 45.4 Å². The van der Waals surface area contributed by atoms with Crippen molar-refractivity contribution in [3.05, 3.63) is 96.1 Å². The van der Waals surface area contributed by atoms with Gasteiger partial charge in [-0.05, 0) is 73.4 Å². The molecular formula is C34H30F4N6O6S. The first-order chi connectivity index (χ1) is 24.2. The number of ether oxygens (including phenoxy) is 2. The third-order valence-corrected chi connectivity index (χ3v) is 9.22. The molecule has 2 aromatic heterocycles. The quantitative estimate of drug-likeness (QED) is 0.125. The smallest absolute Gasteiger partial charge is 0.465 e. The van der Waals surface area contributed by atoms with Crippen LogP contribution in [0.2, 0.25) is 0 Å². The Labute approximate surface area is 289 Å². The van der Waals surface area contributed by atoms with Crippen LogP contribution in [0.3, 0.4) is 0 Å². The zero-order chi connectivity index (χ0) is 36.3. The Hall–Kier alpha value is -5.71. The molecule has 3 aromatic carbocycles. The molecule has 3 heterocycles. The number of likely N-dealkylation sites (tertiary alicyclic amines) is 1. The van der Waals surface area contributed by atoms with Crippen molar-refractivity contribution in [3.63, 3.8) is 0 Å². The van der Waals surface area contributed by atoms with Crippen LogP contribution >= 0.6 is 0 Å². The molecule has 12 nitrogen and oxygen atoms in total. The van der Waals surface area contributed by atoms with Gasteiger partial charge in [0, 0.05) is 42.3 Å². The predicted octanol–water partition coefficient (Wildman–Crippen LogP) is 7.33. The molecule has 1 aliphatic rings. The maximum absolute atomic E-state index is 15.3. The molecule has 1 unspecified atom stereocenters. The molecule has 0 radical (unpaired) electrons. The molecular weight excluding hydrogens is 696 g/mol. The van der Waals surface area contributed by atoms with Gasteiger partial charge in [0.25, 0.3) is 0 Å².